The number of aromatic nitrogens is 2. The van der Waals surface area contributed by atoms with Crippen LogP contribution in [0.5, 0.6) is 0 Å². The summed E-state index contributed by atoms with van der Waals surface area (Å²) in [6.45, 7) is 1.83. The summed E-state index contributed by atoms with van der Waals surface area (Å²) in [6, 6.07) is 12.6. The zero-order chi connectivity index (χ0) is 14.3. The van der Waals surface area contributed by atoms with Crippen LogP contribution in [0.2, 0.25) is 0 Å². The summed E-state index contributed by atoms with van der Waals surface area (Å²) in [4.78, 5) is 4.50. The molecule has 1 aromatic heterocycles. The van der Waals surface area contributed by atoms with Crippen molar-refractivity contribution in [3.63, 3.8) is 0 Å². The monoisotopic (exact) mass is 352 g/mol. The average molecular weight is 354 g/mol. The maximum absolute atomic E-state index is 14.3. The third-order valence-electron chi connectivity index (χ3n) is 3.09. The molecule has 0 aliphatic carbocycles. The van der Waals surface area contributed by atoms with Crippen LogP contribution in [0.25, 0.3) is 16.7 Å². The number of imidazole rings is 1. The summed E-state index contributed by atoms with van der Waals surface area (Å²) in [5.74, 6) is 0.315. The van der Waals surface area contributed by atoms with Crippen molar-refractivity contribution in [2.75, 3.05) is 0 Å². The Hall–Kier alpha value is -1.39. The number of hydrogen-bond acceptors (Lipinski definition) is 1. The Kier molecular flexibility index (Phi) is 3.52. The lowest BCUT2D eigenvalue weighted by Gasteiger charge is -2.11. The van der Waals surface area contributed by atoms with Crippen LogP contribution in [-0.2, 0) is 0 Å². The Morgan fingerprint density at radius 3 is 2.70 bits per heavy atom. The molecular formula is C15H11BrClFN2. The molecule has 0 fully saturated rings. The van der Waals surface area contributed by atoms with Gasteiger partial charge in [0.1, 0.15) is 11.6 Å². The van der Waals surface area contributed by atoms with E-state index in [0.29, 0.717) is 16.0 Å². The molecule has 0 aliphatic rings. The third-order valence-corrected chi connectivity index (χ3v) is 3.78. The number of halogens is 3. The van der Waals surface area contributed by atoms with Gasteiger partial charge in [-0.05, 0) is 37.3 Å². The van der Waals surface area contributed by atoms with E-state index < -0.39 is 0 Å². The molecule has 1 unspecified atom stereocenters. The van der Waals surface area contributed by atoms with Gasteiger partial charge in [0.05, 0.1) is 22.1 Å². The van der Waals surface area contributed by atoms with Crippen molar-refractivity contribution in [2.45, 2.75) is 12.3 Å². The zero-order valence-electron chi connectivity index (χ0n) is 10.6. The molecule has 0 aliphatic heterocycles. The fraction of sp³-hybridized carbons (Fsp3) is 0.133. The minimum atomic E-state index is -0.318. The van der Waals surface area contributed by atoms with E-state index in [9.17, 15) is 4.39 Å². The first-order chi connectivity index (χ1) is 9.58. The SMILES string of the molecule is CC(Cl)c1nc2ccccc2n1-c1ccc(Br)cc1F. The number of fused-ring (bicyclic) bond motifs is 1. The molecule has 0 spiro atoms. The van der Waals surface area contributed by atoms with Crippen molar-refractivity contribution < 1.29 is 4.39 Å². The standard InChI is InChI=1S/C15H11BrClFN2/c1-9(17)15-19-12-4-2-3-5-14(12)20(15)13-7-6-10(16)8-11(13)18/h2-9H,1H3. The highest BCUT2D eigenvalue weighted by molar-refractivity contribution is 9.10. The molecule has 0 saturated heterocycles. The fourth-order valence-corrected chi connectivity index (χ4v) is 2.71. The van der Waals surface area contributed by atoms with Crippen LogP contribution in [0, 0.1) is 5.82 Å². The highest BCUT2D eigenvalue weighted by Crippen LogP contribution is 2.30. The highest BCUT2D eigenvalue weighted by atomic mass is 79.9. The summed E-state index contributed by atoms with van der Waals surface area (Å²) in [5.41, 5.74) is 2.10. The Balaban J connectivity index is 2.36. The largest absolute Gasteiger partial charge is 0.292 e. The molecule has 0 saturated carbocycles. The van der Waals surface area contributed by atoms with E-state index in [1.165, 1.54) is 6.07 Å². The minimum absolute atomic E-state index is 0.314. The van der Waals surface area contributed by atoms with Gasteiger partial charge in [0, 0.05) is 4.47 Å². The maximum atomic E-state index is 14.3. The van der Waals surface area contributed by atoms with Gasteiger partial charge in [-0.1, -0.05) is 28.1 Å². The molecule has 20 heavy (non-hydrogen) atoms. The lowest BCUT2D eigenvalue weighted by molar-refractivity contribution is 0.615. The molecule has 102 valence electrons. The smallest absolute Gasteiger partial charge is 0.148 e. The molecule has 3 rings (SSSR count). The molecular weight excluding hydrogens is 343 g/mol. The van der Waals surface area contributed by atoms with Crippen molar-refractivity contribution in [3.05, 3.63) is 58.6 Å². The van der Waals surface area contributed by atoms with Crippen LogP contribution in [0.4, 0.5) is 4.39 Å². The van der Waals surface area contributed by atoms with Crippen LogP contribution in [0.1, 0.15) is 18.1 Å². The summed E-state index contributed by atoms with van der Waals surface area (Å²) in [7, 11) is 0. The first-order valence-corrected chi connectivity index (χ1v) is 7.38. The van der Waals surface area contributed by atoms with Gasteiger partial charge >= 0.3 is 0 Å². The molecule has 3 aromatic rings. The maximum Gasteiger partial charge on any atom is 0.148 e. The van der Waals surface area contributed by atoms with E-state index in [1.54, 1.807) is 16.7 Å². The number of alkyl halides is 1. The quantitative estimate of drug-likeness (QED) is 0.577. The van der Waals surface area contributed by atoms with E-state index in [2.05, 4.69) is 20.9 Å². The predicted octanol–water partition coefficient (Wildman–Crippen LogP) is 5.23. The second kappa shape index (κ2) is 5.19. The van der Waals surface area contributed by atoms with Crippen molar-refractivity contribution in [2.24, 2.45) is 0 Å². The summed E-state index contributed by atoms with van der Waals surface area (Å²) >= 11 is 9.46. The number of para-hydroxylation sites is 2. The number of benzene rings is 2. The molecule has 0 bridgehead atoms. The molecule has 0 amide bonds. The van der Waals surface area contributed by atoms with Crippen LogP contribution < -0.4 is 0 Å². The zero-order valence-corrected chi connectivity index (χ0v) is 13.0. The average Bonchev–Trinajstić information content (AvgIpc) is 2.78. The summed E-state index contributed by atoms with van der Waals surface area (Å²) in [6.07, 6.45) is 0. The lowest BCUT2D eigenvalue weighted by atomic mass is 10.2. The predicted molar refractivity (Wildman–Crippen MR) is 83.0 cm³/mol. The van der Waals surface area contributed by atoms with Gasteiger partial charge in [0.2, 0.25) is 0 Å². The number of nitrogens with zero attached hydrogens (tertiary/aromatic N) is 2. The van der Waals surface area contributed by atoms with Gasteiger partial charge in [-0.25, -0.2) is 9.37 Å². The first kappa shape index (κ1) is 13.6. The minimum Gasteiger partial charge on any atom is -0.292 e. The summed E-state index contributed by atoms with van der Waals surface area (Å²) in [5, 5.41) is -0.314. The van der Waals surface area contributed by atoms with Crippen molar-refractivity contribution >= 4 is 38.6 Å². The molecule has 0 N–H and O–H groups in total. The lowest BCUT2D eigenvalue weighted by Crippen LogP contribution is -2.04. The fourth-order valence-electron chi connectivity index (χ4n) is 2.23. The second-order valence-corrected chi connectivity index (χ2v) is 6.08. The molecule has 2 nitrogen and oxygen atoms in total. The molecule has 5 heteroatoms. The van der Waals surface area contributed by atoms with E-state index in [1.807, 2.05) is 31.2 Å². The Bertz CT molecular complexity index is 783. The molecule has 1 atom stereocenters. The van der Waals surface area contributed by atoms with Crippen molar-refractivity contribution in [1.82, 2.24) is 9.55 Å². The normalized spacial score (nSPS) is 12.8. The van der Waals surface area contributed by atoms with E-state index >= 15 is 0 Å². The van der Waals surface area contributed by atoms with E-state index in [-0.39, 0.29) is 11.2 Å². The number of hydrogen-bond donors (Lipinski definition) is 0. The highest BCUT2D eigenvalue weighted by Gasteiger charge is 2.18. The van der Waals surface area contributed by atoms with Gasteiger partial charge in [-0.3, -0.25) is 4.57 Å². The summed E-state index contributed by atoms with van der Waals surface area (Å²) < 4.78 is 16.7. The van der Waals surface area contributed by atoms with Crippen LogP contribution in [-0.4, -0.2) is 9.55 Å². The van der Waals surface area contributed by atoms with Gasteiger partial charge in [0.25, 0.3) is 0 Å². The Morgan fingerprint density at radius 2 is 2.00 bits per heavy atom. The second-order valence-electron chi connectivity index (χ2n) is 4.51. The molecule has 1 heterocycles. The first-order valence-electron chi connectivity index (χ1n) is 6.15. The molecule has 0 radical (unpaired) electrons. The van der Waals surface area contributed by atoms with Gasteiger partial charge in [-0.2, -0.15) is 0 Å². The van der Waals surface area contributed by atoms with Crippen molar-refractivity contribution in [1.29, 1.82) is 0 Å². The van der Waals surface area contributed by atoms with Crippen LogP contribution in [0.15, 0.2) is 46.9 Å². The van der Waals surface area contributed by atoms with Gasteiger partial charge in [0.15, 0.2) is 0 Å². The van der Waals surface area contributed by atoms with E-state index in [0.717, 1.165) is 11.0 Å². The Morgan fingerprint density at radius 1 is 1.25 bits per heavy atom. The number of rotatable bonds is 2. The molecule has 2 aromatic carbocycles. The van der Waals surface area contributed by atoms with Gasteiger partial charge in [-0.15, -0.1) is 11.6 Å². The van der Waals surface area contributed by atoms with Gasteiger partial charge < -0.3 is 0 Å². The third kappa shape index (κ3) is 2.23. The topological polar surface area (TPSA) is 17.8 Å². The van der Waals surface area contributed by atoms with Crippen molar-refractivity contribution in [3.8, 4) is 5.69 Å². The van der Waals surface area contributed by atoms with Crippen LogP contribution in [0.3, 0.4) is 0 Å². The van der Waals surface area contributed by atoms with Crippen LogP contribution >= 0.6 is 27.5 Å². The Labute approximate surface area is 129 Å². The van der Waals surface area contributed by atoms with E-state index in [4.69, 9.17) is 11.6 Å².